The van der Waals surface area contributed by atoms with E-state index in [2.05, 4.69) is 17.2 Å². The van der Waals surface area contributed by atoms with Gasteiger partial charge >= 0.3 is 12.3 Å². The zero-order chi connectivity index (χ0) is 17.7. The molecule has 0 atom stereocenters. The minimum Gasteiger partial charge on any atom is -0.444 e. The molecular weight excluding hydrogens is 309 g/mol. The molecule has 0 saturated heterocycles. The van der Waals surface area contributed by atoms with Crippen LogP contribution in [0.3, 0.4) is 0 Å². The summed E-state index contributed by atoms with van der Waals surface area (Å²) in [5, 5.41) is 2.47. The van der Waals surface area contributed by atoms with Crippen LogP contribution >= 0.6 is 0 Å². The molecule has 126 valence electrons. The highest BCUT2D eigenvalue weighted by molar-refractivity contribution is 5.67. The summed E-state index contributed by atoms with van der Waals surface area (Å²) < 4.78 is 43.5. The van der Waals surface area contributed by atoms with E-state index in [4.69, 9.17) is 10.5 Å². The average molecular weight is 328 g/mol. The van der Waals surface area contributed by atoms with Gasteiger partial charge in [0.25, 0.3) is 0 Å². The second-order valence-corrected chi connectivity index (χ2v) is 5.78. The molecule has 0 bridgehead atoms. The summed E-state index contributed by atoms with van der Waals surface area (Å²) in [6, 6.07) is 3.26. The lowest BCUT2D eigenvalue weighted by atomic mass is 10.1. The molecule has 7 heteroatoms. The van der Waals surface area contributed by atoms with E-state index < -0.39 is 23.4 Å². The summed E-state index contributed by atoms with van der Waals surface area (Å²) >= 11 is 0. The Morgan fingerprint density at radius 1 is 1.30 bits per heavy atom. The standard InChI is InChI=1S/C16H19F3N2O2/c1-15(2,3)23-14(22)21-9-5-4-6-11-10-12(20)7-8-13(11)16(17,18)19/h7-8,10H,5,9,20H2,1-3H3,(H,21,22). The summed E-state index contributed by atoms with van der Waals surface area (Å²) in [6.45, 7) is 5.35. The fraction of sp³-hybridized carbons (Fsp3) is 0.438. The number of hydrogen-bond acceptors (Lipinski definition) is 3. The van der Waals surface area contributed by atoms with Gasteiger partial charge in [0.05, 0.1) is 5.56 Å². The molecule has 1 aromatic carbocycles. The Kier molecular flexibility index (Phi) is 5.91. The minimum absolute atomic E-state index is 0.172. The summed E-state index contributed by atoms with van der Waals surface area (Å²) in [7, 11) is 0. The van der Waals surface area contributed by atoms with Crippen molar-refractivity contribution in [1.82, 2.24) is 5.32 Å². The predicted molar refractivity (Wildman–Crippen MR) is 81.6 cm³/mol. The highest BCUT2D eigenvalue weighted by Crippen LogP contribution is 2.32. The van der Waals surface area contributed by atoms with Gasteiger partial charge in [-0.1, -0.05) is 11.8 Å². The molecule has 1 aromatic rings. The molecule has 0 aliphatic rings. The van der Waals surface area contributed by atoms with Crippen LogP contribution < -0.4 is 11.1 Å². The maximum atomic E-state index is 12.8. The van der Waals surface area contributed by atoms with Gasteiger partial charge in [0.15, 0.2) is 0 Å². The zero-order valence-corrected chi connectivity index (χ0v) is 13.2. The number of hydrogen-bond donors (Lipinski definition) is 2. The number of carbonyl (C=O) groups excluding carboxylic acids is 1. The number of anilines is 1. The number of amides is 1. The molecule has 0 fully saturated rings. The van der Waals surface area contributed by atoms with Crippen molar-refractivity contribution in [3.05, 3.63) is 29.3 Å². The number of nitrogens with two attached hydrogens (primary N) is 1. The highest BCUT2D eigenvalue weighted by Gasteiger charge is 2.32. The van der Waals surface area contributed by atoms with Gasteiger partial charge < -0.3 is 15.8 Å². The number of carbonyl (C=O) groups is 1. The first kappa shape index (κ1) is 18.7. The van der Waals surface area contributed by atoms with Gasteiger partial charge in [-0.25, -0.2) is 4.79 Å². The Morgan fingerprint density at radius 2 is 1.96 bits per heavy atom. The lowest BCUT2D eigenvalue weighted by molar-refractivity contribution is -0.137. The SMILES string of the molecule is CC(C)(C)OC(=O)NCCC#Cc1cc(N)ccc1C(F)(F)F. The Balaban J connectivity index is 2.64. The number of benzene rings is 1. The smallest absolute Gasteiger partial charge is 0.417 e. The summed E-state index contributed by atoms with van der Waals surface area (Å²) in [4.78, 5) is 11.4. The van der Waals surface area contributed by atoms with Crippen molar-refractivity contribution in [2.24, 2.45) is 0 Å². The Labute approximate surface area is 133 Å². The lowest BCUT2D eigenvalue weighted by Crippen LogP contribution is -2.32. The van der Waals surface area contributed by atoms with Gasteiger partial charge in [-0.05, 0) is 39.0 Å². The second-order valence-electron chi connectivity index (χ2n) is 5.78. The number of nitrogens with one attached hydrogen (secondary N) is 1. The third-order valence-corrected chi connectivity index (χ3v) is 2.49. The van der Waals surface area contributed by atoms with Crippen LogP contribution in [0.15, 0.2) is 18.2 Å². The Bertz CT molecular complexity index is 623. The van der Waals surface area contributed by atoms with Gasteiger partial charge in [0.1, 0.15) is 5.60 Å². The van der Waals surface area contributed by atoms with E-state index >= 15 is 0 Å². The van der Waals surface area contributed by atoms with E-state index in [1.807, 2.05) is 0 Å². The number of alkyl halides is 3. The maximum absolute atomic E-state index is 12.8. The molecule has 0 spiro atoms. The van der Waals surface area contributed by atoms with Crippen molar-refractivity contribution in [1.29, 1.82) is 0 Å². The minimum atomic E-state index is -4.49. The molecular formula is C16H19F3N2O2. The highest BCUT2D eigenvalue weighted by atomic mass is 19.4. The van der Waals surface area contributed by atoms with Crippen LogP contribution in [0.25, 0.3) is 0 Å². The van der Waals surface area contributed by atoms with Crippen LogP contribution in [-0.2, 0) is 10.9 Å². The number of nitrogen functional groups attached to an aromatic ring is 1. The molecule has 1 amide bonds. The number of halogens is 3. The van der Waals surface area contributed by atoms with Crippen molar-refractivity contribution in [2.45, 2.75) is 39.0 Å². The van der Waals surface area contributed by atoms with E-state index in [0.29, 0.717) is 0 Å². The van der Waals surface area contributed by atoms with Crippen molar-refractivity contribution in [2.75, 3.05) is 12.3 Å². The first-order valence-corrected chi connectivity index (χ1v) is 6.91. The second kappa shape index (κ2) is 7.27. The maximum Gasteiger partial charge on any atom is 0.417 e. The van der Waals surface area contributed by atoms with Crippen molar-refractivity contribution in [3.8, 4) is 11.8 Å². The van der Waals surface area contributed by atoms with Crippen LogP contribution in [0.4, 0.5) is 23.7 Å². The van der Waals surface area contributed by atoms with Crippen LogP contribution in [0.2, 0.25) is 0 Å². The molecule has 3 N–H and O–H groups in total. The molecule has 4 nitrogen and oxygen atoms in total. The molecule has 0 aliphatic heterocycles. The van der Waals surface area contributed by atoms with Crippen LogP contribution in [0, 0.1) is 11.8 Å². The van der Waals surface area contributed by atoms with Gasteiger partial charge in [-0.2, -0.15) is 13.2 Å². The molecule has 0 heterocycles. The normalized spacial score (nSPS) is 11.4. The fourth-order valence-corrected chi connectivity index (χ4v) is 1.61. The van der Waals surface area contributed by atoms with Crippen LogP contribution in [0.1, 0.15) is 38.3 Å². The zero-order valence-electron chi connectivity index (χ0n) is 13.2. The predicted octanol–water partition coefficient (Wildman–Crippen LogP) is 3.55. The average Bonchev–Trinajstić information content (AvgIpc) is 2.34. The Morgan fingerprint density at radius 3 is 2.52 bits per heavy atom. The van der Waals surface area contributed by atoms with E-state index in [1.54, 1.807) is 20.8 Å². The van der Waals surface area contributed by atoms with E-state index in [0.717, 1.165) is 6.07 Å². The molecule has 0 unspecified atom stereocenters. The van der Waals surface area contributed by atoms with E-state index in [-0.39, 0.29) is 24.2 Å². The lowest BCUT2D eigenvalue weighted by Gasteiger charge is -2.19. The first-order chi connectivity index (χ1) is 10.5. The van der Waals surface area contributed by atoms with Gasteiger partial charge in [-0.3, -0.25) is 0 Å². The third-order valence-electron chi connectivity index (χ3n) is 2.49. The number of ether oxygens (including phenoxy) is 1. The monoisotopic (exact) mass is 328 g/mol. The van der Waals surface area contributed by atoms with Gasteiger partial charge in [-0.15, -0.1) is 0 Å². The molecule has 0 aliphatic carbocycles. The Hall–Kier alpha value is -2.36. The quantitative estimate of drug-likeness (QED) is 0.496. The summed E-state index contributed by atoms with van der Waals surface area (Å²) in [5.74, 6) is 5.02. The molecule has 1 rings (SSSR count). The first-order valence-electron chi connectivity index (χ1n) is 6.91. The number of rotatable bonds is 2. The van der Waals surface area contributed by atoms with Crippen LogP contribution in [0.5, 0.6) is 0 Å². The van der Waals surface area contributed by atoms with Crippen molar-refractivity contribution in [3.63, 3.8) is 0 Å². The van der Waals surface area contributed by atoms with Crippen molar-refractivity contribution >= 4 is 11.8 Å². The summed E-state index contributed by atoms with van der Waals surface area (Å²) in [6.07, 6.45) is -4.91. The van der Waals surface area contributed by atoms with Crippen molar-refractivity contribution < 1.29 is 22.7 Å². The van der Waals surface area contributed by atoms with Gasteiger partial charge in [0.2, 0.25) is 0 Å². The van der Waals surface area contributed by atoms with E-state index in [1.165, 1.54) is 12.1 Å². The summed E-state index contributed by atoms with van der Waals surface area (Å²) in [5.41, 5.74) is 4.06. The number of alkyl carbamates (subject to hydrolysis) is 1. The van der Waals surface area contributed by atoms with E-state index in [9.17, 15) is 18.0 Å². The van der Waals surface area contributed by atoms with Crippen LogP contribution in [-0.4, -0.2) is 18.2 Å². The fourth-order valence-electron chi connectivity index (χ4n) is 1.61. The molecule has 0 aromatic heterocycles. The molecule has 23 heavy (non-hydrogen) atoms. The van der Waals surface area contributed by atoms with Gasteiger partial charge in [0, 0.05) is 24.2 Å². The molecule has 0 saturated carbocycles. The third kappa shape index (κ3) is 6.96. The largest absolute Gasteiger partial charge is 0.444 e. The molecule has 0 radical (unpaired) electrons. The topological polar surface area (TPSA) is 64.3 Å².